The summed E-state index contributed by atoms with van der Waals surface area (Å²) in [5, 5.41) is 0.258. The number of fused-ring (bicyclic) bond motifs is 1. The zero-order valence-corrected chi connectivity index (χ0v) is 14.7. The number of hydrogen-bond donors (Lipinski definition) is 0. The molecule has 0 aromatic heterocycles. The lowest BCUT2D eigenvalue weighted by atomic mass is 10.2. The number of hydrogen-bond acceptors (Lipinski definition) is 6. The quantitative estimate of drug-likeness (QED) is 0.564. The molecule has 8 heteroatoms. The minimum Gasteiger partial charge on any atom is -0.462 e. The third-order valence-corrected chi connectivity index (χ3v) is 5.65. The molecule has 0 aliphatic carbocycles. The SMILES string of the molecule is O=C(OCCCS(=O)(=O)c1ccccc1)c1cc(Cl)c2c(c1)OCO2. The average Bonchev–Trinajstić information content (AvgIpc) is 3.08. The van der Waals surface area contributed by atoms with Gasteiger partial charge in [0.1, 0.15) is 0 Å². The van der Waals surface area contributed by atoms with Gasteiger partial charge in [0.15, 0.2) is 21.3 Å². The molecule has 0 N–H and O–H groups in total. The highest BCUT2D eigenvalue weighted by Gasteiger charge is 2.21. The molecular weight excluding hydrogens is 368 g/mol. The molecule has 0 saturated heterocycles. The predicted octanol–water partition coefficient (Wildman–Crippen LogP) is 3.09. The van der Waals surface area contributed by atoms with Crippen molar-refractivity contribution in [2.75, 3.05) is 19.2 Å². The molecule has 1 heterocycles. The first-order valence-corrected chi connectivity index (χ1v) is 9.54. The maximum absolute atomic E-state index is 12.1. The molecule has 2 aromatic rings. The molecule has 3 rings (SSSR count). The third-order valence-electron chi connectivity index (χ3n) is 3.56. The van der Waals surface area contributed by atoms with Crippen molar-refractivity contribution in [3.63, 3.8) is 0 Å². The maximum Gasteiger partial charge on any atom is 0.338 e. The molecule has 0 bridgehead atoms. The van der Waals surface area contributed by atoms with Gasteiger partial charge in [-0.25, -0.2) is 13.2 Å². The van der Waals surface area contributed by atoms with Crippen LogP contribution in [0.4, 0.5) is 0 Å². The topological polar surface area (TPSA) is 78.9 Å². The number of carbonyl (C=O) groups excluding carboxylic acids is 1. The Morgan fingerprint density at radius 3 is 2.68 bits per heavy atom. The minimum atomic E-state index is -3.39. The van der Waals surface area contributed by atoms with E-state index in [0.717, 1.165) is 0 Å². The smallest absolute Gasteiger partial charge is 0.338 e. The van der Waals surface area contributed by atoms with Gasteiger partial charge in [0.25, 0.3) is 0 Å². The monoisotopic (exact) mass is 382 g/mol. The standard InChI is InChI=1S/C17H15ClO6S/c18-14-9-12(10-15-16(14)24-11-23-15)17(19)22-7-4-8-25(20,21)13-5-2-1-3-6-13/h1-3,5-6,9-10H,4,7-8,11H2. The van der Waals surface area contributed by atoms with Gasteiger partial charge in [-0.15, -0.1) is 0 Å². The van der Waals surface area contributed by atoms with Crippen molar-refractivity contribution in [2.24, 2.45) is 0 Å². The molecular formula is C17H15ClO6S. The lowest BCUT2D eigenvalue weighted by Gasteiger charge is -2.07. The number of halogens is 1. The van der Waals surface area contributed by atoms with Crippen molar-refractivity contribution < 1.29 is 27.4 Å². The van der Waals surface area contributed by atoms with Crippen LogP contribution in [0, 0.1) is 0 Å². The Labute approximate surface area is 150 Å². The molecule has 25 heavy (non-hydrogen) atoms. The number of esters is 1. The lowest BCUT2D eigenvalue weighted by molar-refractivity contribution is 0.0505. The third kappa shape index (κ3) is 4.05. The molecule has 1 aliphatic rings. The number of benzene rings is 2. The van der Waals surface area contributed by atoms with Gasteiger partial charge in [0.05, 0.1) is 27.8 Å². The first kappa shape index (κ1) is 17.6. The Morgan fingerprint density at radius 1 is 1.16 bits per heavy atom. The van der Waals surface area contributed by atoms with Gasteiger partial charge < -0.3 is 14.2 Å². The second-order valence-corrected chi connectivity index (χ2v) is 7.83. The number of carbonyl (C=O) groups is 1. The summed E-state index contributed by atoms with van der Waals surface area (Å²) in [5.41, 5.74) is 0.222. The predicted molar refractivity (Wildman–Crippen MR) is 91.0 cm³/mol. The second-order valence-electron chi connectivity index (χ2n) is 5.31. The fraction of sp³-hybridized carbons (Fsp3) is 0.235. The number of ether oxygens (including phenoxy) is 3. The van der Waals surface area contributed by atoms with Crippen LogP contribution in [0.2, 0.25) is 5.02 Å². The highest BCUT2D eigenvalue weighted by Crippen LogP contribution is 2.39. The molecule has 0 amide bonds. The van der Waals surface area contributed by atoms with Crippen molar-refractivity contribution >= 4 is 27.4 Å². The van der Waals surface area contributed by atoms with E-state index in [1.165, 1.54) is 24.3 Å². The largest absolute Gasteiger partial charge is 0.462 e. The van der Waals surface area contributed by atoms with Gasteiger partial charge in [0, 0.05) is 0 Å². The Morgan fingerprint density at radius 2 is 1.92 bits per heavy atom. The Hall–Kier alpha value is -2.25. The van der Waals surface area contributed by atoms with E-state index in [9.17, 15) is 13.2 Å². The van der Waals surface area contributed by atoms with E-state index >= 15 is 0 Å². The highest BCUT2D eigenvalue weighted by molar-refractivity contribution is 7.91. The van der Waals surface area contributed by atoms with Crippen LogP contribution in [0.5, 0.6) is 11.5 Å². The Bertz CT molecular complexity index is 880. The van der Waals surface area contributed by atoms with Crippen LogP contribution in [0.25, 0.3) is 0 Å². The first-order chi connectivity index (χ1) is 12.0. The van der Waals surface area contributed by atoms with Crippen LogP contribution >= 0.6 is 11.6 Å². The van der Waals surface area contributed by atoms with Crippen LogP contribution in [0.15, 0.2) is 47.4 Å². The van der Waals surface area contributed by atoms with Crippen molar-refractivity contribution in [3.05, 3.63) is 53.1 Å². The summed E-state index contributed by atoms with van der Waals surface area (Å²) in [6.45, 7) is 0.0296. The molecule has 6 nitrogen and oxygen atoms in total. The number of sulfone groups is 1. The van der Waals surface area contributed by atoms with E-state index in [1.807, 2.05) is 0 Å². The molecule has 2 aromatic carbocycles. The molecule has 0 spiro atoms. The molecule has 0 radical (unpaired) electrons. The van der Waals surface area contributed by atoms with Crippen molar-refractivity contribution in [3.8, 4) is 11.5 Å². The van der Waals surface area contributed by atoms with Gasteiger partial charge >= 0.3 is 5.97 Å². The van der Waals surface area contributed by atoms with Gasteiger partial charge in [-0.2, -0.15) is 0 Å². The maximum atomic E-state index is 12.1. The van der Waals surface area contributed by atoms with E-state index in [-0.39, 0.29) is 41.1 Å². The van der Waals surface area contributed by atoms with Crippen LogP contribution in [-0.4, -0.2) is 33.5 Å². The summed E-state index contributed by atoms with van der Waals surface area (Å²) >= 11 is 6.02. The summed E-state index contributed by atoms with van der Waals surface area (Å²) in [6, 6.07) is 11.1. The van der Waals surface area contributed by atoms with E-state index in [2.05, 4.69) is 0 Å². The van der Waals surface area contributed by atoms with E-state index in [1.54, 1.807) is 18.2 Å². The fourth-order valence-corrected chi connectivity index (χ4v) is 3.90. The van der Waals surface area contributed by atoms with E-state index < -0.39 is 15.8 Å². The van der Waals surface area contributed by atoms with Gasteiger partial charge in [-0.1, -0.05) is 29.8 Å². The van der Waals surface area contributed by atoms with Gasteiger partial charge in [-0.3, -0.25) is 0 Å². The average molecular weight is 383 g/mol. The fourth-order valence-electron chi connectivity index (χ4n) is 2.33. The van der Waals surface area contributed by atoms with Crippen LogP contribution in [-0.2, 0) is 14.6 Å². The molecule has 0 saturated carbocycles. The lowest BCUT2D eigenvalue weighted by Crippen LogP contribution is -2.12. The highest BCUT2D eigenvalue weighted by atomic mass is 35.5. The van der Waals surface area contributed by atoms with Gasteiger partial charge in [0.2, 0.25) is 6.79 Å². The summed E-state index contributed by atoms with van der Waals surface area (Å²) in [6.07, 6.45) is 0.196. The summed E-state index contributed by atoms with van der Waals surface area (Å²) in [7, 11) is -3.39. The summed E-state index contributed by atoms with van der Waals surface area (Å²) < 4.78 is 39.7. The van der Waals surface area contributed by atoms with Crippen LogP contribution in [0.3, 0.4) is 0 Å². The van der Waals surface area contributed by atoms with Crippen LogP contribution < -0.4 is 9.47 Å². The second kappa shape index (κ2) is 7.33. The van der Waals surface area contributed by atoms with E-state index in [4.69, 9.17) is 25.8 Å². The van der Waals surface area contributed by atoms with Crippen molar-refractivity contribution in [1.29, 1.82) is 0 Å². The molecule has 132 valence electrons. The normalized spacial score (nSPS) is 12.8. The first-order valence-electron chi connectivity index (χ1n) is 7.51. The van der Waals surface area contributed by atoms with Crippen molar-refractivity contribution in [1.82, 2.24) is 0 Å². The Balaban J connectivity index is 1.54. The molecule has 0 atom stereocenters. The van der Waals surface area contributed by atoms with Crippen molar-refractivity contribution in [2.45, 2.75) is 11.3 Å². The molecule has 1 aliphatic heterocycles. The number of rotatable bonds is 6. The van der Waals surface area contributed by atoms with E-state index in [0.29, 0.717) is 11.5 Å². The summed E-state index contributed by atoms with van der Waals surface area (Å²) in [4.78, 5) is 12.3. The minimum absolute atomic E-state index is 0.0169. The zero-order valence-electron chi connectivity index (χ0n) is 13.1. The molecule has 0 unspecified atom stereocenters. The zero-order chi connectivity index (χ0) is 17.9. The van der Waals surface area contributed by atoms with Crippen LogP contribution in [0.1, 0.15) is 16.8 Å². The molecule has 0 fully saturated rings. The summed E-state index contributed by atoms with van der Waals surface area (Å²) in [5.74, 6) is 0.0715. The Kier molecular flexibility index (Phi) is 5.15. The van der Waals surface area contributed by atoms with Gasteiger partial charge in [-0.05, 0) is 30.7 Å².